The smallest absolute Gasteiger partial charge is 0.336 e. The average Bonchev–Trinajstić information content (AvgIpc) is 2.90. The van der Waals surface area contributed by atoms with Gasteiger partial charge in [0.15, 0.2) is 6.10 Å². The third-order valence-corrected chi connectivity index (χ3v) is 3.95. The van der Waals surface area contributed by atoms with E-state index in [0.717, 1.165) is 4.57 Å². The molecule has 1 aliphatic rings. The Labute approximate surface area is 141 Å². The van der Waals surface area contributed by atoms with Gasteiger partial charge in [-0.3, -0.25) is 19.1 Å². The molecule has 1 aromatic rings. The van der Waals surface area contributed by atoms with Crippen molar-refractivity contribution < 1.29 is 28.2 Å². The van der Waals surface area contributed by atoms with Gasteiger partial charge >= 0.3 is 17.6 Å². The number of aromatic nitrogens is 2. The van der Waals surface area contributed by atoms with Crippen molar-refractivity contribution in [3.05, 3.63) is 32.9 Å². The van der Waals surface area contributed by atoms with E-state index in [0.29, 0.717) is 6.20 Å². The topological polar surface area (TPSA) is 117 Å². The maximum absolute atomic E-state index is 13.5. The van der Waals surface area contributed by atoms with Gasteiger partial charge in [0, 0.05) is 6.42 Å². The first kappa shape index (κ1) is 18.8. The molecule has 25 heavy (non-hydrogen) atoms. The van der Waals surface area contributed by atoms with Crippen molar-refractivity contribution in [2.24, 2.45) is 5.41 Å². The molecule has 0 amide bonds. The number of hydrogen-bond donors (Lipinski definition) is 1. The number of carbonyl (C=O) groups is 2. The van der Waals surface area contributed by atoms with Crippen LogP contribution in [0.3, 0.4) is 0 Å². The second-order valence-corrected chi connectivity index (χ2v) is 5.71. The number of H-pyrrole nitrogens is 1. The monoisotopic (exact) mass is 358 g/mol. The summed E-state index contributed by atoms with van der Waals surface area (Å²) in [6.45, 7) is 4.79. The van der Waals surface area contributed by atoms with Crippen LogP contribution in [-0.4, -0.2) is 40.8 Å². The highest BCUT2D eigenvalue weighted by atomic mass is 19.1. The van der Waals surface area contributed by atoms with Gasteiger partial charge in [0.25, 0.3) is 5.56 Å². The molecule has 10 heteroatoms. The van der Waals surface area contributed by atoms with Gasteiger partial charge in [-0.15, -0.1) is 0 Å². The normalized spacial score (nSPS) is 25.6. The Balaban J connectivity index is 2.43. The molecule has 0 radical (unpaired) electrons. The first-order valence-electron chi connectivity index (χ1n) is 7.74. The van der Waals surface area contributed by atoms with Crippen molar-refractivity contribution in [2.45, 2.75) is 39.5 Å². The van der Waals surface area contributed by atoms with Crippen molar-refractivity contribution in [1.82, 2.24) is 9.55 Å². The van der Waals surface area contributed by atoms with Crippen molar-refractivity contribution in [1.29, 1.82) is 0 Å². The molecule has 1 N–H and O–H groups in total. The quantitative estimate of drug-likeness (QED) is 0.742. The third kappa shape index (κ3) is 3.48. The molecule has 1 fully saturated rings. The number of nitrogens with one attached hydrogen (secondary N) is 1. The zero-order chi connectivity index (χ0) is 18.8. The fourth-order valence-electron chi connectivity index (χ4n) is 2.68. The summed E-state index contributed by atoms with van der Waals surface area (Å²) in [4.78, 5) is 49.4. The maximum Gasteiger partial charge on any atom is 0.336 e. The lowest BCUT2D eigenvalue weighted by Gasteiger charge is -2.25. The van der Waals surface area contributed by atoms with E-state index in [4.69, 9.17) is 14.2 Å². The van der Waals surface area contributed by atoms with E-state index in [1.807, 2.05) is 0 Å². The van der Waals surface area contributed by atoms with Crippen LogP contribution in [0.5, 0.6) is 0 Å². The molecule has 0 saturated carbocycles. The molecule has 1 aliphatic heterocycles. The Bertz CT molecular complexity index is 787. The fourth-order valence-corrected chi connectivity index (χ4v) is 2.68. The second-order valence-electron chi connectivity index (χ2n) is 5.71. The summed E-state index contributed by atoms with van der Waals surface area (Å²) in [5.41, 5.74) is -3.53. The number of halogens is 1. The van der Waals surface area contributed by atoms with Crippen molar-refractivity contribution in [2.75, 3.05) is 13.2 Å². The van der Waals surface area contributed by atoms with E-state index in [1.165, 1.54) is 6.92 Å². The van der Waals surface area contributed by atoms with E-state index in [1.54, 1.807) is 18.8 Å². The third-order valence-electron chi connectivity index (χ3n) is 3.95. The molecule has 0 aromatic carbocycles. The highest BCUT2D eigenvalue weighted by Crippen LogP contribution is 2.44. The van der Waals surface area contributed by atoms with Crippen LogP contribution in [0.25, 0.3) is 0 Å². The Kier molecular flexibility index (Phi) is 5.41. The van der Waals surface area contributed by atoms with Gasteiger partial charge in [-0.05, 0) is 20.8 Å². The lowest BCUT2D eigenvalue weighted by Crippen LogP contribution is -2.43. The SMILES string of the molecule is CCOC(=O)[C@H]1O[C@@H](n2cc(F)c(=O)[nH]c2=O)C[C@@]1(C)C(=O)OCC. The molecule has 1 saturated heterocycles. The molecule has 0 aliphatic carbocycles. The minimum Gasteiger partial charge on any atom is -0.465 e. The highest BCUT2D eigenvalue weighted by molar-refractivity contribution is 5.87. The standard InChI is InChI=1S/C15H19FN2O7/c1-4-23-12(20)10-15(3,13(21)24-5-2)6-9(25-10)18-7-8(16)11(19)17-14(18)22/h7,9-10H,4-6H2,1-3H3,(H,17,19,22)/t9-,10-,15-/m1/s1. The Hall–Kier alpha value is -2.49. The first-order chi connectivity index (χ1) is 11.7. The van der Waals surface area contributed by atoms with Gasteiger partial charge in [0.2, 0.25) is 5.82 Å². The van der Waals surface area contributed by atoms with Crippen LogP contribution < -0.4 is 11.2 Å². The molecule has 2 rings (SSSR count). The van der Waals surface area contributed by atoms with Crippen LogP contribution in [0.2, 0.25) is 0 Å². The van der Waals surface area contributed by atoms with E-state index < -0.39 is 46.8 Å². The molecule has 0 unspecified atom stereocenters. The Morgan fingerprint density at radius 3 is 2.60 bits per heavy atom. The number of ether oxygens (including phenoxy) is 3. The van der Waals surface area contributed by atoms with Gasteiger partial charge in [0.05, 0.1) is 19.4 Å². The summed E-state index contributed by atoms with van der Waals surface area (Å²) in [5, 5.41) is 0. The van der Waals surface area contributed by atoms with E-state index >= 15 is 0 Å². The molecule has 3 atom stereocenters. The van der Waals surface area contributed by atoms with Crippen molar-refractivity contribution in [3.8, 4) is 0 Å². The zero-order valence-corrected chi connectivity index (χ0v) is 14.0. The van der Waals surface area contributed by atoms with Crippen molar-refractivity contribution in [3.63, 3.8) is 0 Å². The molecular weight excluding hydrogens is 339 g/mol. The molecule has 1 aromatic heterocycles. The molecule has 0 bridgehead atoms. The number of esters is 2. The predicted octanol–water partition coefficient (Wildman–Crippen LogP) is 0.0957. The summed E-state index contributed by atoms with van der Waals surface area (Å²) in [6.07, 6.45) is -1.95. The zero-order valence-electron chi connectivity index (χ0n) is 14.0. The molecule has 9 nitrogen and oxygen atoms in total. The molecule has 138 valence electrons. The number of aromatic amines is 1. The van der Waals surface area contributed by atoms with Gasteiger partial charge < -0.3 is 14.2 Å². The van der Waals surface area contributed by atoms with Crippen LogP contribution in [0, 0.1) is 11.2 Å². The average molecular weight is 358 g/mol. The maximum atomic E-state index is 13.5. The Morgan fingerprint density at radius 1 is 1.36 bits per heavy atom. The summed E-state index contributed by atoms with van der Waals surface area (Å²) in [7, 11) is 0. The number of carbonyl (C=O) groups excluding carboxylic acids is 2. The number of nitrogens with zero attached hydrogens (tertiary/aromatic N) is 1. The summed E-state index contributed by atoms with van der Waals surface area (Å²) in [5.74, 6) is -2.69. The van der Waals surface area contributed by atoms with E-state index in [-0.39, 0.29) is 19.6 Å². The van der Waals surface area contributed by atoms with Crippen LogP contribution in [0.15, 0.2) is 15.8 Å². The van der Waals surface area contributed by atoms with Gasteiger partial charge in [-0.25, -0.2) is 9.59 Å². The molecule has 2 heterocycles. The largest absolute Gasteiger partial charge is 0.465 e. The Morgan fingerprint density at radius 2 is 2.00 bits per heavy atom. The van der Waals surface area contributed by atoms with Gasteiger partial charge in [-0.2, -0.15) is 4.39 Å². The highest BCUT2D eigenvalue weighted by Gasteiger charge is 2.56. The van der Waals surface area contributed by atoms with Crippen LogP contribution >= 0.6 is 0 Å². The van der Waals surface area contributed by atoms with Crippen LogP contribution in [0.4, 0.5) is 4.39 Å². The van der Waals surface area contributed by atoms with Gasteiger partial charge in [-0.1, -0.05) is 0 Å². The summed E-state index contributed by atoms with van der Waals surface area (Å²) < 4.78 is 29.7. The minimum absolute atomic E-state index is 0.0650. The van der Waals surface area contributed by atoms with Gasteiger partial charge in [0.1, 0.15) is 11.6 Å². The fraction of sp³-hybridized carbons (Fsp3) is 0.600. The summed E-state index contributed by atoms with van der Waals surface area (Å²) in [6, 6.07) is 0. The number of rotatable bonds is 5. The molecular formula is C15H19FN2O7. The van der Waals surface area contributed by atoms with E-state index in [9.17, 15) is 23.6 Å². The summed E-state index contributed by atoms with van der Waals surface area (Å²) >= 11 is 0. The lowest BCUT2D eigenvalue weighted by molar-refractivity contribution is -0.172. The first-order valence-corrected chi connectivity index (χ1v) is 7.74. The second kappa shape index (κ2) is 7.18. The minimum atomic E-state index is -1.43. The van der Waals surface area contributed by atoms with Crippen LogP contribution in [-0.2, 0) is 23.8 Å². The lowest BCUT2D eigenvalue weighted by atomic mass is 9.82. The van der Waals surface area contributed by atoms with Crippen molar-refractivity contribution >= 4 is 11.9 Å². The van der Waals surface area contributed by atoms with E-state index in [2.05, 4.69) is 0 Å². The molecule has 0 spiro atoms. The predicted molar refractivity (Wildman–Crippen MR) is 81.2 cm³/mol. The number of hydrogen-bond acceptors (Lipinski definition) is 7. The van der Waals surface area contributed by atoms with Crippen LogP contribution in [0.1, 0.15) is 33.4 Å².